The van der Waals surface area contributed by atoms with Gasteiger partial charge in [0.05, 0.1) is 17.6 Å². The third-order valence-corrected chi connectivity index (χ3v) is 7.55. The van der Waals surface area contributed by atoms with Crippen LogP contribution in [0.2, 0.25) is 0 Å². The molecule has 0 aliphatic carbocycles. The smallest absolute Gasteiger partial charge is 0.276 e. The van der Waals surface area contributed by atoms with E-state index in [2.05, 4.69) is 32.9 Å². The second-order valence-electron chi connectivity index (χ2n) is 6.94. The Morgan fingerprint density at radius 1 is 0.967 bits per heavy atom. The predicted octanol–water partition coefficient (Wildman–Crippen LogP) is 2.08. The van der Waals surface area contributed by atoms with Gasteiger partial charge in [-0.3, -0.25) is 4.79 Å². The molecule has 0 radical (unpaired) electrons. The summed E-state index contributed by atoms with van der Waals surface area (Å²) in [5.41, 5.74) is 1.33. The summed E-state index contributed by atoms with van der Waals surface area (Å²) < 4.78 is 29.7. The van der Waals surface area contributed by atoms with Gasteiger partial charge >= 0.3 is 0 Å². The minimum atomic E-state index is -3.55. The minimum absolute atomic E-state index is 0.236. The lowest BCUT2D eigenvalue weighted by Gasteiger charge is -2.33. The Bertz CT molecular complexity index is 1120. The van der Waals surface area contributed by atoms with Gasteiger partial charge in [-0.1, -0.05) is 35.5 Å². The van der Waals surface area contributed by atoms with Crippen molar-refractivity contribution in [3.63, 3.8) is 0 Å². The fraction of sp³-hybridized carbons (Fsp3) is 0.250. The fourth-order valence-corrected chi connectivity index (χ4v) is 5.09. The lowest BCUT2D eigenvalue weighted by Crippen LogP contribution is -2.50. The third-order valence-electron chi connectivity index (χ3n) is 4.92. The van der Waals surface area contributed by atoms with Gasteiger partial charge in [-0.05, 0) is 52.4 Å². The van der Waals surface area contributed by atoms with Crippen LogP contribution in [0.15, 0.2) is 65.7 Å². The van der Waals surface area contributed by atoms with Crippen molar-refractivity contribution in [1.82, 2.24) is 24.2 Å². The number of sulfonamides is 1. The first kappa shape index (κ1) is 20.9. The van der Waals surface area contributed by atoms with Crippen LogP contribution in [0, 0.1) is 3.57 Å². The lowest BCUT2D eigenvalue weighted by atomic mass is 10.2. The molecule has 1 fully saturated rings. The lowest BCUT2D eigenvalue weighted by molar-refractivity contribution is 0.0692. The van der Waals surface area contributed by atoms with Crippen LogP contribution in [0.4, 0.5) is 0 Å². The average Bonchev–Trinajstić information content (AvgIpc) is 3.24. The number of hydrogen-bond acceptors (Lipinski definition) is 5. The average molecular weight is 537 g/mol. The summed E-state index contributed by atoms with van der Waals surface area (Å²) in [6.45, 7) is 1.66. The largest absolute Gasteiger partial charge is 0.335 e. The van der Waals surface area contributed by atoms with Crippen LogP contribution in [-0.4, -0.2) is 64.7 Å². The van der Waals surface area contributed by atoms with E-state index in [1.54, 1.807) is 46.1 Å². The van der Waals surface area contributed by atoms with E-state index in [1.165, 1.54) is 4.31 Å². The van der Waals surface area contributed by atoms with Crippen LogP contribution in [-0.2, 0) is 16.6 Å². The number of carbonyl (C=O) groups excluding carboxylic acids is 1. The van der Waals surface area contributed by atoms with Gasteiger partial charge in [0.25, 0.3) is 5.91 Å². The summed E-state index contributed by atoms with van der Waals surface area (Å²) in [7, 11) is -3.55. The van der Waals surface area contributed by atoms with E-state index in [1.807, 2.05) is 24.3 Å². The van der Waals surface area contributed by atoms with Crippen molar-refractivity contribution in [1.29, 1.82) is 0 Å². The molecular weight excluding hydrogens is 517 g/mol. The van der Waals surface area contributed by atoms with E-state index < -0.39 is 10.0 Å². The first-order valence-corrected chi connectivity index (χ1v) is 11.9. The molecule has 156 valence electrons. The van der Waals surface area contributed by atoms with Crippen LogP contribution in [0.25, 0.3) is 0 Å². The molecule has 1 saturated heterocycles. The van der Waals surface area contributed by atoms with E-state index in [0.717, 1.165) is 9.13 Å². The summed E-state index contributed by atoms with van der Waals surface area (Å²) in [5, 5.41) is 8.06. The maximum Gasteiger partial charge on any atom is 0.276 e. The van der Waals surface area contributed by atoms with Gasteiger partial charge in [0, 0.05) is 29.7 Å². The Kier molecular flexibility index (Phi) is 6.16. The molecule has 0 saturated carbocycles. The van der Waals surface area contributed by atoms with Crippen molar-refractivity contribution in [3.05, 3.63) is 75.6 Å². The van der Waals surface area contributed by atoms with Gasteiger partial charge in [0.15, 0.2) is 5.69 Å². The monoisotopic (exact) mass is 537 g/mol. The molecule has 1 aromatic heterocycles. The number of nitrogens with zero attached hydrogens (tertiary/aromatic N) is 5. The van der Waals surface area contributed by atoms with Crippen LogP contribution in [0.5, 0.6) is 0 Å². The molecule has 0 N–H and O–H groups in total. The van der Waals surface area contributed by atoms with Crippen LogP contribution in [0.3, 0.4) is 0 Å². The Balaban J connectivity index is 1.38. The number of rotatable bonds is 5. The third kappa shape index (κ3) is 4.55. The van der Waals surface area contributed by atoms with Crippen molar-refractivity contribution in [2.24, 2.45) is 0 Å². The molecule has 10 heteroatoms. The van der Waals surface area contributed by atoms with Crippen LogP contribution < -0.4 is 0 Å². The van der Waals surface area contributed by atoms with E-state index in [4.69, 9.17) is 0 Å². The van der Waals surface area contributed by atoms with E-state index in [-0.39, 0.29) is 29.6 Å². The maximum atomic E-state index is 12.8. The van der Waals surface area contributed by atoms with Gasteiger partial charge < -0.3 is 4.90 Å². The molecule has 0 atom stereocenters. The zero-order valence-corrected chi connectivity index (χ0v) is 19.0. The predicted molar refractivity (Wildman–Crippen MR) is 119 cm³/mol. The normalized spacial score (nSPS) is 15.3. The molecule has 3 aromatic rings. The molecule has 1 aliphatic heterocycles. The molecule has 0 spiro atoms. The Morgan fingerprint density at radius 2 is 1.63 bits per heavy atom. The van der Waals surface area contributed by atoms with E-state index in [0.29, 0.717) is 19.6 Å². The zero-order valence-electron chi connectivity index (χ0n) is 16.1. The number of amides is 1. The number of piperazine rings is 1. The molecular formula is C20H20IN5O3S. The number of benzene rings is 2. The highest BCUT2D eigenvalue weighted by molar-refractivity contribution is 14.1. The highest BCUT2D eigenvalue weighted by Gasteiger charge is 2.31. The standard InChI is InChI=1S/C20H20IN5O3S/c21-17-8-6-16(7-9-17)14-25-15-19(22-23-25)20(27)24-10-12-26(13-11-24)30(28,29)18-4-2-1-3-5-18/h1-9,15H,10-14H2. The van der Waals surface area contributed by atoms with E-state index >= 15 is 0 Å². The van der Waals surface area contributed by atoms with Gasteiger partial charge in [0.1, 0.15) is 0 Å². The minimum Gasteiger partial charge on any atom is -0.335 e. The topological polar surface area (TPSA) is 88.4 Å². The van der Waals surface area contributed by atoms with Crippen molar-refractivity contribution in [2.75, 3.05) is 26.2 Å². The van der Waals surface area contributed by atoms with Crippen LogP contribution in [0.1, 0.15) is 16.1 Å². The second-order valence-corrected chi connectivity index (χ2v) is 10.1. The van der Waals surface area contributed by atoms with Crippen molar-refractivity contribution in [3.8, 4) is 0 Å². The number of carbonyl (C=O) groups is 1. The molecule has 30 heavy (non-hydrogen) atoms. The van der Waals surface area contributed by atoms with Crippen LogP contribution >= 0.6 is 22.6 Å². The Morgan fingerprint density at radius 3 is 2.30 bits per heavy atom. The molecule has 2 heterocycles. The molecule has 1 amide bonds. The molecule has 4 rings (SSSR count). The molecule has 8 nitrogen and oxygen atoms in total. The van der Waals surface area contributed by atoms with E-state index in [9.17, 15) is 13.2 Å². The number of aromatic nitrogens is 3. The summed E-state index contributed by atoms with van der Waals surface area (Å²) in [5.74, 6) is -0.236. The molecule has 2 aromatic carbocycles. The number of hydrogen-bond donors (Lipinski definition) is 0. The molecule has 0 unspecified atom stereocenters. The fourth-order valence-electron chi connectivity index (χ4n) is 3.29. The summed E-state index contributed by atoms with van der Waals surface area (Å²) in [4.78, 5) is 14.7. The first-order valence-electron chi connectivity index (χ1n) is 9.42. The number of halogens is 1. The highest BCUT2D eigenvalue weighted by Crippen LogP contribution is 2.18. The second kappa shape index (κ2) is 8.82. The molecule has 0 bridgehead atoms. The SMILES string of the molecule is O=C(c1cn(Cc2ccc(I)cc2)nn1)N1CCN(S(=O)(=O)c2ccccc2)CC1. The Labute approximate surface area is 188 Å². The van der Waals surface area contributed by atoms with Gasteiger partial charge in [-0.15, -0.1) is 5.10 Å². The Hall–Kier alpha value is -2.31. The van der Waals surface area contributed by atoms with Crippen molar-refractivity contribution in [2.45, 2.75) is 11.4 Å². The van der Waals surface area contributed by atoms with Gasteiger partial charge in [-0.25, -0.2) is 13.1 Å². The maximum absolute atomic E-state index is 12.8. The zero-order chi connectivity index (χ0) is 21.1. The first-order chi connectivity index (χ1) is 14.4. The highest BCUT2D eigenvalue weighted by atomic mass is 127. The summed E-state index contributed by atoms with van der Waals surface area (Å²) in [6.07, 6.45) is 1.63. The van der Waals surface area contributed by atoms with Crippen molar-refractivity contribution < 1.29 is 13.2 Å². The summed E-state index contributed by atoms with van der Waals surface area (Å²) >= 11 is 2.25. The molecule has 1 aliphatic rings. The van der Waals surface area contributed by atoms with Gasteiger partial charge in [0.2, 0.25) is 10.0 Å². The van der Waals surface area contributed by atoms with Crippen molar-refractivity contribution >= 4 is 38.5 Å². The quantitative estimate of drug-likeness (QED) is 0.466. The summed E-state index contributed by atoms with van der Waals surface area (Å²) in [6, 6.07) is 16.4. The van der Waals surface area contributed by atoms with Gasteiger partial charge in [-0.2, -0.15) is 4.31 Å².